The highest BCUT2D eigenvalue weighted by atomic mass is 16.2. The quantitative estimate of drug-likeness (QED) is 0.502. The molecule has 1 unspecified atom stereocenters. The van der Waals surface area contributed by atoms with Crippen LogP contribution in [0.2, 0.25) is 0 Å². The number of hydrogen-bond acceptors (Lipinski definition) is 1. The van der Waals surface area contributed by atoms with Crippen LogP contribution >= 0.6 is 0 Å². The second-order valence-electron chi connectivity index (χ2n) is 4.21. The van der Waals surface area contributed by atoms with E-state index in [4.69, 9.17) is 5.11 Å². The molecule has 0 saturated heterocycles. The van der Waals surface area contributed by atoms with Gasteiger partial charge in [-0.3, -0.25) is 0 Å². The van der Waals surface area contributed by atoms with Crippen LogP contribution in [0.15, 0.2) is 11.6 Å². The molecule has 0 radical (unpaired) electrons. The van der Waals surface area contributed by atoms with E-state index >= 15 is 0 Å². The van der Waals surface area contributed by atoms with E-state index in [-0.39, 0.29) is 0 Å². The van der Waals surface area contributed by atoms with Gasteiger partial charge < -0.3 is 5.11 Å². The molecule has 0 aromatic rings. The first kappa shape index (κ1) is 8.31. The Morgan fingerprint density at radius 1 is 1.42 bits per heavy atom. The fraction of sp³-hybridized carbons (Fsp3) is 0.818. The molecular formula is C11H18O. The Bertz CT molecular complexity index is 183. The molecule has 2 bridgehead atoms. The second kappa shape index (κ2) is 3.61. The fourth-order valence-corrected chi connectivity index (χ4v) is 2.69. The van der Waals surface area contributed by atoms with Crippen molar-refractivity contribution in [3.8, 4) is 0 Å². The first-order valence-electron chi connectivity index (χ1n) is 5.20. The summed E-state index contributed by atoms with van der Waals surface area (Å²) in [6, 6.07) is 0. The maximum Gasteiger partial charge on any atom is 0.0431 e. The van der Waals surface area contributed by atoms with Crippen molar-refractivity contribution < 1.29 is 5.11 Å². The summed E-state index contributed by atoms with van der Waals surface area (Å²) < 4.78 is 0. The van der Waals surface area contributed by atoms with Crippen molar-refractivity contribution in [1.29, 1.82) is 0 Å². The van der Waals surface area contributed by atoms with Gasteiger partial charge in [-0.1, -0.05) is 18.1 Å². The second-order valence-corrected chi connectivity index (χ2v) is 4.21. The van der Waals surface area contributed by atoms with Crippen molar-refractivity contribution in [1.82, 2.24) is 0 Å². The van der Waals surface area contributed by atoms with E-state index in [0.717, 1.165) is 18.3 Å². The lowest BCUT2D eigenvalue weighted by atomic mass is 9.84. The molecule has 2 atom stereocenters. The lowest BCUT2D eigenvalue weighted by Gasteiger charge is -2.21. The Hall–Kier alpha value is -0.300. The summed E-state index contributed by atoms with van der Waals surface area (Å²) in [5.74, 6) is 1.86. The van der Waals surface area contributed by atoms with E-state index in [1.54, 1.807) is 5.57 Å². The lowest BCUT2D eigenvalue weighted by molar-refractivity contribution is 0.268. The van der Waals surface area contributed by atoms with Gasteiger partial charge in [-0.25, -0.2) is 0 Å². The standard InChI is InChI=1S/C11H18O/c12-6-2-1-3-10-7-9-4-5-11(10)8-9/h8,10-12H,1-7H2/t10?,11-/m1/s1. The van der Waals surface area contributed by atoms with Crippen LogP contribution in [0.25, 0.3) is 0 Å². The third kappa shape index (κ3) is 1.56. The molecule has 0 amide bonds. The van der Waals surface area contributed by atoms with Gasteiger partial charge in [0.15, 0.2) is 0 Å². The molecule has 0 aromatic heterocycles. The minimum Gasteiger partial charge on any atom is -0.396 e. The summed E-state index contributed by atoms with van der Waals surface area (Å²) in [5.41, 5.74) is 1.72. The predicted octanol–water partition coefficient (Wildman–Crippen LogP) is 2.51. The Labute approximate surface area is 74.5 Å². The van der Waals surface area contributed by atoms with Crippen molar-refractivity contribution in [2.45, 2.75) is 38.5 Å². The molecule has 0 saturated carbocycles. The van der Waals surface area contributed by atoms with E-state index in [9.17, 15) is 0 Å². The minimum absolute atomic E-state index is 0.373. The summed E-state index contributed by atoms with van der Waals surface area (Å²) in [4.78, 5) is 0. The average molecular weight is 166 g/mol. The number of allylic oxidation sites excluding steroid dienone is 2. The lowest BCUT2D eigenvalue weighted by Crippen LogP contribution is -2.10. The molecule has 12 heavy (non-hydrogen) atoms. The zero-order chi connectivity index (χ0) is 8.39. The summed E-state index contributed by atoms with van der Waals surface area (Å²) >= 11 is 0. The van der Waals surface area contributed by atoms with Gasteiger partial charge in [0, 0.05) is 6.61 Å². The van der Waals surface area contributed by atoms with E-state index < -0.39 is 0 Å². The van der Waals surface area contributed by atoms with Crippen molar-refractivity contribution >= 4 is 0 Å². The number of aliphatic hydroxyl groups excluding tert-OH is 1. The molecule has 0 heterocycles. The molecule has 0 aromatic carbocycles. The minimum atomic E-state index is 0.373. The third-order valence-corrected chi connectivity index (χ3v) is 3.36. The summed E-state index contributed by atoms with van der Waals surface area (Å²) in [5, 5.41) is 8.66. The monoisotopic (exact) mass is 166 g/mol. The SMILES string of the molecule is OCCCCC1CC2=C[C@H]1CC2. The van der Waals surface area contributed by atoms with Crippen LogP contribution in [-0.4, -0.2) is 11.7 Å². The van der Waals surface area contributed by atoms with Crippen molar-refractivity contribution in [2.75, 3.05) is 6.61 Å². The van der Waals surface area contributed by atoms with Crippen LogP contribution in [0.5, 0.6) is 0 Å². The number of hydrogen-bond donors (Lipinski definition) is 1. The Balaban J connectivity index is 1.71. The topological polar surface area (TPSA) is 20.2 Å². The molecule has 0 aliphatic heterocycles. The Kier molecular flexibility index (Phi) is 2.50. The normalized spacial score (nSPS) is 32.6. The zero-order valence-corrected chi connectivity index (χ0v) is 7.63. The molecule has 1 N–H and O–H groups in total. The number of rotatable bonds is 4. The van der Waals surface area contributed by atoms with Crippen molar-refractivity contribution in [3.63, 3.8) is 0 Å². The van der Waals surface area contributed by atoms with Crippen molar-refractivity contribution in [3.05, 3.63) is 11.6 Å². The molecular weight excluding hydrogens is 148 g/mol. The van der Waals surface area contributed by atoms with Crippen LogP contribution in [0.3, 0.4) is 0 Å². The van der Waals surface area contributed by atoms with E-state index in [1.165, 1.54) is 32.1 Å². The molecule has 68 valence electrons. The number of fused-ring (bicyclic) bond motifs is 1. The molecule has 2 rings (SSSR count). The van der Waals surface area contributed by atoms with Crippen LogP contribution in [-0.2, 0) is 0 Å². The van der Waals surface area contributed by atoms with E-state index in [2.05, 4.69) is 6.08 Å². The largest absolute Gasteiger partial charge is 0.396 e. The molecule has 1 nitrogen and oxygen atoms in total. The van der Waals surface area contributed by atoms with Crippen LogP contribution in [0.1, 0.15) is 38.5 Å². The molecule has 2 aliphatic carbocycles. The van der Waals surface area contributed by atoms with E-state index in [1.807, 2.05) is 0 Å². The number of aliphatic hydroxyl groups is 1. The highest BCUT2D eigenvalue weighted by Crippen LogP contribution is 2.44. The average Bonchev–Trinajstić information content (AvgIpc) is 2.65. The van der Waals surface area contributed by atoms with Gasteiger partial charge in [0.25, 0.3) is 0 Å². The first-order chi connectivity index (χ1) is 5.90. The third-order valence-electron chi connectivity index (χ3n) is 3.36. The van der Waals surface area contributed by atoms with Crippen molar-refractivity contribution in [2.24, 2.45) is 11.8 Å². The molecule has 2 aliphatic rings. The smallest absolute Gasteiger partial charge is 0.0431 e. The van der Waals surface area contributed by atoms with Crippen LogP contribution in [0, 0.1) is 11.8 Å². The zero-order valence-electron chi connectivity index (χ0n) is 7.63. The maximum atomic E-state index is 8.66. The van der Waals surface area contributed by atoms with Gasteiger partial charge in [0.05, 0.1) is 0 Å². The van der Waals surface area contributed by atoms with Gasteiger partial charge in [-0.15, -0.1) is 0 Å². The van der Waals surface area contributed by atoms with Crippen LogP contribution in [0.4, 0.5) is 0 Å². The Morgan fingerprint density at radius 2 is 2.33 bits per heavy atom. The fourth-order valence-electron chi connectivity index (χ4n) is 2.69. The highest BCUT2D eigenvalue weighted by molar-refractivity contribution is 5.19. The van der Waals surface area contributed by atoms with Gasteiger partial charge >= 0.3 is 0 Å². The van der Waals surface area contributed by atoms with Gasteiger partial charge in [-0.2, -0.15) is 0 Å². The number of unbranched alkanes of at least 4 members (excludes halogenated alkanes) is 1. The molecule has 0 spiro atoms. The molecule has 1 heteroatoms. The molecule has 0 fully saturated rings. The maximum absolute atomic E-state index is 8.66. The predicted molar refractivity (Wildman–Crippen MR) is 49.9 cm³/mol. The summed E-state index contributed by atoms with van der Waals surface area (Å²) in [6.45, 7) is 0.373. The first-order valence-corrected chi connectivity index (χ1v) is 5.20. The van der Waals surface area contributed by atoms with Gasteiger partial charge in [0.1, 0.15) is 0 Å². The summed E-state index contributed by atoms with van der Waals surface area (Å²) in [7, 11) is 0. The summed E-state index contributed by atoms with van der Waals surface area (Å²) in [6.07, 6.45) is 10.2. The van der Waals surface area contributed by atoms with Gasteiger partial charge in [0.2, 0.25) is 0 Å². The van der Waals surface area contributed by atoms with Gasteiger partial charge in [-0.05, 0) is 43.9 Å². The van der Waals surface area contributed by atoms with E-state index in [0.29, 0.717) is 6.61 Å². The highest BCUT2D eigenvalue weighted by Gasteiger charge is 2.31. The Morgan fingerprint density at radius 3 is 2.92 bits per heavy atom. The van der Waals surface area contributed by atoms with Crippen LogP contribution < -0.4 is 0 Å².